The van der Waals surface area contributed by atoms with Crippen molar-refractivity contribution in [2.45, 2.75) is 33.2 Å². The van der Waals surface area contributed by atoms with Crippen LogP contribution in [-0.4, -0.2) is 4.57 Å². The number of rotatable bonds is 3. The molecule has 100 valence electrons. The van der Waals surface area contributed by atoms with Crippen molar-refractivity contribution in [3.8, 4) is 11.1 Å². The predicted octanol–water partition coefficient (Wildman–Crippen LogP) is 3.80. The van der Waals surface area contributed by atoms with E-state index in [1.165, 1.54) is 12.1 Å². The summed E-state index contributed by atoms with van der Waals surface area (Å²) in [5, 5.41) is 0. The molecule has 0 saturated carbocycles. The highest BCUT2D eigenvalue weighted by Crippen LogP contribution is 2.18. The fraction of sp³-hybridized carbons (Fsp3) is 0.312. The van der Waals surface area contributed by atoms with Crippen LogP contribution < -0.4 is 5.43 Å². The van der Waals surface area contributed by atoms with Crippen LogP contribution in [0.3, 0.4) is 0 Å². The quantitative estimate of drug-likeness (QED) is 0.821. The zero-order chi connectivity index (χ0) is 14.0. The van der Waals surface area contributed by atoms with Gasteiger partial charge in [-0.25, -0.2) is 4.39 Å². The number of benzene rings is 1. The van der Waals surface area contributed by atoms with Crippen molar-refractivity contribution < 1.29 is 4.39 Å². The van der Waals surface area contributed by atoms with Gasteiger partial charge in [-0.2, -0.15) is 0 Å². The standard InChI is InChI=1S/C16H18FNO/c1-4-12-9-18(11(2)3)10-15(16(12)19)13-5-7-14(17)8-6-13/h5-11H,4H2,1-3H3. The van der Waals surface area contributed by atoms with Gasteiger partial charge >= 0.3 is 0 Å². The minimum atomic E-state index is -0.292. The molecule has 19 heavy (non-hydrogen) atoms. The number of nitrogens with zero attached hydrogens (tertiary/aromatic N) is 1. The summed E-state index contributed by atoms with van der Waals surface area (Å²) in [6.45, 7) is 6.10. The molecule has 0 amide bonds. The Bertz CT molecular complexity index is 626. The van der Waals surface area contributed by atoms with Crippen LogP contribution in [0.2, 0.25) is 0 Å². The van der Waals surface area contributed by atoms with Crippen LogP contribution in [0.15, 0.2) is 41.5 Å². The van der Waals surface area contributed by atoms with E-state index < -0.39 is 0 Å². The molecule has 0 unspecified atom stereocenters. The third-order valence-corrected chi connectivity index (χ3v) is 3.25. The first-order chi connectivity index (χ1) is 9.02. The molecule has 3 heteroatoms. The van der Waals surface area contributed by atoms with Gasteiger partial charge in [0.1, 0.15) is 5.82 Å². The van der Waals surface area contributed by atoms with Crippen LogP contribution in [0.5, 0.6) is 0 Å². The van der Waals surface area contributed by atoms with E-state index in [9.17, 15) is 9.18 Å². The third-order valence-electron chi connectivity index (χ3n) is 3.25. The van der Waals surface area contributed by atoms with E-state index in [2.05, 4.69) is 13.8 Å². The second kappa shape index (κ2) is 5.39. The second-order valence-electron chi connectivity index (χ2n) is 4.93. The molecule has 1 heterocycles. The van der Waals surface area contributed by atoms with E-state index in [4.69, 9.17) is 0 Å². The number of aromatic nitrogens is 1. The molecule has 1 aromatic carbocycles. The summed E-state index contributed by atoms with van der Waals surface area (Å²) in [6.07, 6.45) is 4.44. The molecule has 0 aliphatic rings. The maximum atomic E-state index is 13.0. The smallest absolute Gasteiger partial charge is 0.192 e. The minimum Gasteiger partial charge on any atom is -0.351 e. The molecule has 2 aromatic rings. The van der Waals surface area contributed by atoms with Gasteiger partial charge in [-0.05, 0) is 38.0 Å². The molecule has 1 aromatic heterocycles. The number of hydrogen-bond donors (Lipinski definition) is 0. The molecule has 0 N–H and O–H groups in total. The highest BCUT2D eigenvalue weighted by atomic mass is 19.1. The van der Waals surface area contributed by atoms with Crippen molar-refractivity contribution in [1.29, 1.82) is 0 Å². The molecule has 2 nitrogen and oxygen atoms in total. The molecule has 0 aliphatic heterocycles. The van der Waals surface area contributed by atoms with Crippen LogP contribution in [0.4, 0.5) is 4.39 Å². The Balaban J connectivity index is 2.64. The summed E-state index contributed by atoms with van der Waals surface area (Å²) >= 11 is 0. The van der Waals surface area contributed by atoms with Gasteiger partial charge in [-0.3, -0.25) is 4.79 Å². The van der Waals surface area contributed by atoms with Crippen LogP contribution in [-0.2, 0) is 6.42 Å². The topological polar surface area (TPSA) is 22.0 Å². The summed E-state index contributed by atoms with van der Waals surface area (Å²) < 4.78 is 15.0. The molecule has 0 aliphatic carbocycles. The average Bonchev–Trinajstić information content (AvgIpc) is 2.40. The molecule has 0 spiro atoms. The van der Waals surface area contributed by atoms with Crippen LogP contribution in [0.25, 0.3) is 11.1 Å². The van der Waals surface area contributed by atoms with Crippen LogP contribution in [0, 0.1) is 5.82 Å². The van der Waals surface area contributed by atoms with Crippen molar-refractivity contribution in [2.75, 3.05) is 0 Å². The molecular formula is C16H18FNO. The molecule has 0 atom stereocenters. The lowest BCUT2D eigenvalue weighted by atomic mass is 10.0. The van der Waals surface area contributed by atoms with Gasteiger partial charge in [-0.15, -0.1) is 0 Å². The molecule has 0 saturated heterocycles. The lowest BCUT2D eigenvalue weighted by Crippen LogP contribution is -2.16. The van der Waals surface area contributed by atoms with Crippen molar-refractivity contribution in [1.82, 2.24) is 4.57 Å². The summed E-state index contributed by atoms with van der Waals surface area (Å²) in [5.41, 5.74) is 2.21. The number of hydrogen-bond acceptors (Lipinski definition) is 1. The molecule has 0 radical (unpaired) electrons. The lowest BCUT2D eigenvalue weighted by Gasteiger charge is -2.14. The van der Waals surface area contributed by atoms with Gasteiger partial charge in [-0.1, -0.05) is 19.1 Å². The summed E-state index contributed by atoms with van der Waals surface area (Å²) in [5.74, 6) is -0.292. The Hall–Kier alpha value is -1.90. The van der Waals surface area contributed by atoms with E-state index in [0.29, 0.717) is 12.0 Å². The van der Waals surface area contributed by atoms with E-state index >= 15 is 0 Å². The number of halogens is 1. The van der Waals surface area contributed by atoms with Gasteiger partial charge in [0.15, 0.2) is 5.43 Å². The van der Waals surface area contributed by atoms with Gasteiger partial charge in [0.2, 0.25) is 0 Å². The summed E-state index contributed by atoms with van der Waals surface area (Å²) in [4.78, 5) is 12.4. The third kappa shape index (κ3) is 2.75. The van der Waals surface area contributed by atoms with Gasteiger partial charge in [0, 0.05) is 29.6 Å². The van der Waals surface area contributed by atoms with E-state index in [-0.39, 0.29) is 17.3 Å². The van der Waals surface area contributed by atoms with Crippen LogP contribution >= 0.6 is 0 Å². The highest BCUT2D eigenvalue weighted by molar-refractivity contribution is 5.63. The zero-order valence-electron chi connectivity index (χ0n) is 11.5. The average molecular weight is 259 g/mol. The molecule has 0 bridgehead atoms. The SMILES string of the molecule is CCc1cn(C(C)C)cc(-c2ccc(F)cc2)c1=O. The van der Waals surface area contributed by atoms with E-state index in [1.807, 2.05) is 23.9 Å². The highest BCUT2D eigenvalue weighted by Gasteiger charge is 2.10. The molecule has 0 fully saturated rings. The fourth-order valence-electron chi connectivity index (χ4n) is 2.04. The first-order valence-electron chi connectivity index (χ1n) is 6.53. The lowest BCUT2D eigenvalue weighted by molar-refractivity contribution is 0.592. The Morgan fingerprint density at radius 3 is 2.32 bits per heavy atom. The normalized spacial score (nSPS) is 11.0. The van der Waals surface area contributed by atoms with E-state index in [0.717, 1.165) is 11.1 Å². The minimum absolute atomic E-state index is 0.0333. The zero-order valence-corrected chi connectivity index (χ0v) is 11.5. The largest absolute Gasteiger partial charge is 0.351 e. The van der Waals surface area contributed by atoms with Crippen LogP contribution in [0.1, 0.15) is 32.4 Å². The Morgan fingerprint density at radius 2 is 1.79 bits per heavy atom. The second-order valence-corrected chi connectivity index (χ2v) is 4.93. The summed E-state index contributed by atoms with van der Waals surface area (Å²) in [7, 11) is 0. The van der Waals surface area contributed by atoms with Crippen molar-refractivity contribution in [2.24, 2.45) is 0 Å². The Kier molecular flexibility index (Phi) is 3.84. The number of pyridine rings is 1. The maximum absolute atomic E-state index is 13.0. The van der Waals surface area contributed by atoms with E-state index in [1.54, 1.807) is 12.1 Å². The Morgan fingerprint density at radius 1 is 1.16 bits per heavy atom. The monoisotopic (exact) mass is 259 g/mol. The molecular weight excluding hydrogens is 241 g/mol. The van der Waals surface area contributed by atoms with Crippen molar-refractivity contribution in [3.05, 3.63) is 58.3 Å². The Labute approximate surface area is 112 Å². The van der Waals surface area contributed by atoms with Crippen molar-refractivity contribution in [3.63, 3.8) is 0 Å². The van der Waals surface area contributed by atoms with Gasteiger partial charge in [0.05, 0.1) is 0 Å². The van der Waals surface area contributed by atoms with Gasteiger partial charge in [0.25, 0.3) is 0 Å². The first-order valence-corrected chi connectivity index (χ1v) is 6.53. The first kappa shape index (κ1) is 13.5. The number of aryl methyl sites for hydroxylation is 1. The van der Waals surface area contributed by atoms with Crippen molar-refractivity contribution >= 4 is 0 Å². The summed E-state index contributed by atoms with van der Waals surface area (Å²) in [6, 6.07) is 6.34. The fourth-order valence-corrected chi connectivity index (χ4v) is 2.04. The maximum Gasteiger partial charge on any atom is 0.192 e. The molecule has 2 rings (SSSR count). The van der Waals surface area contributed by atoms with Gasteiger partial charge < -0.3 is 4.57 Å². The predicted molar refractivity (Wildman–Crippen MR) is 75.9 cm³/mol.